The summed E-state index contributed by atoms with van der Waals surface area (Å²) in [5, 5.41) is 71.3. The van der Waals surface area contributed by atoms with E-state index in [0.717, 1.165) is 33.4 Å². The molecule has 0 radical (unpaired) electrons. The van der Waals surface area contributed by atoms with Gasteiger partial charge in [-0.1, -0.05) is 286 Å². The minimum Gasteiger partial charge on any atom is -0.780 e. The normalized spacial score (nSPS) is 15.2. The molecule has 0 bridgehead atoms. The van der Waals surface area contributed by atoms with E-state index < -0.39 is 72.8 Å². The van der Waals surface area contributed by atoms with Crippen LogP contribution in [0.25, 0.3) is 0 Å². The van der Waals surface area contributed by atoms with Gasteiger partial charge in [-0.3, -0.25) is 0 Å². The van der Waals surface area contributed by atoms with Crippen molar-refractivity contribution in [3.05, 3.63) is 173 Å². The molecule has 6 rings (SSSR count). The Morgan fingerprint density at radius 1 is 0.212 bits per heavy atom. The van der Waals surface area contributed by atoms with Crippen molar-refractivity contribution in [1.82, 2.24) is 0 Å². The minimum atomic E-state index is -5.49. The van der Waals surface area contributed by atoms with Crippen LogP contribution in [-0.2, 0) is 95.5 Å². The van der Waals surface area contributed by atoms with Crippen molar-refractivity contribution in [2.24, 2.45) is 0 Å². The fourth-order valence-electron chi connectivity index (χ4n) is 13.0. The minimum absolute atomic E-state index is 0. The summed E-state index contributed by atoms with van der Waals surface area (Å²) >= 11 is 0. The maximum Gasteiger partial charge on any atom is 3.00 e. The van der Waals surface area contributed by atoms with Crippen LogP contribution in [-0.4, -0.2) is 65.4 Å². The molecule has 0 spiro atoms. The molecular weight excluding hydrogens is 1520 g/mol. The molecule has 0 saturated carbocycles. The maximum absolute atomic E-state index is 12.2. The molecule has 6 N–H and O–H groups in total. The molecule has 113 heavy (non-hydrogen) atoms. The van der Waals surface area contributed by atoms with Crippen molar-refractivity contribution < 1.29 is 87.3 Å². The summed E-state index contributed by atoms with van der Waals surface area (Å²) in [6.07, 6.45) is 0. The van der Waals surface area contributed by atoms with Gasteiger partial charge >= 0.3 is 34.7 Å². The number of phenols is 3. The van der Waals surface area contributed by atoms with Gasteiger partial charge in [0.1, 0.15) is 74.8 Å². The van der Waals surface area contributed by atoms with E-state index >= 15 is 0 Å². The van der Waals surface area contributed by atoms with Gasteiger partial charge in [-0.05, 0) is 172 Å². The zero-order chi connectivity index (χ0) is 87.5. The molecule has 6 aromatic rings. The van der Waals surface area contributed by atoms with Gasteiger partial charge in [0.2, 0.25) is 0 Å². The number of phosphoric ester groups is 3. The molecule has 3 atom stereocenters. The number of hydrogen-bond acceptors (Lipinski definition) is 18. The second-order valence-electron chi connectivity index (χ2n) is 43.3. The molecule has 0 fully saturated rings. The number of hydrogen-bond donors (Lipinski definition) is 6. The van der Waals surface area contributed by atoms with Crippen LogP contribution in [0, 0.1) is 0 Å². The number of rotatable bonds is 12. The van der Waals surface area contributed by atoms with E-state index in [0.29, 0.717) is 33.4 Å². The summed E-state index contributed by atoms with van der Waals surface area (Å²) in [6, 6.07) is 21.6. The van der Waals surface area contributed by atoms with E-state index in [1.807, 2.05) is 286 Å². The van der Waals surface area contributed by atoms with Gasteiger partial charge in [-0.15, -0.1) is 0 Å². The summed E-state index contributed by atoms with van der Waals surface area (Å²) in [4.78, 5) is 71.6. The van der Waals surface area contributed by atoms with Gasteiger partial charge < -0.3 is 87.3 Å². The fraction of sp³-hybridized carbons (Fsp3) is 0.600. The first kappa shape index (κ1) is 105. The quantitative estimate of drug-likeness (QED) is 0.0490. The predicted octanol–water partition coefficient (Wildman–Crippen LogP) is 17.4. The van der Waals surface area contributed by atoms with Gasteiger partial charge in [0.25, 0.3) is 0 Å². The van der Waals surface area contributed by atoms with Crippen LogP contribution < -0.4 is 42.9 Å². The van der Waals surface area contributed by atoms with Gasteiger partial charge in [-0.25, -0.2) is 0 Å². The summed E-state index contributed by atoms with van der Waals surface area (Å²) in [5.41, 5.74) is -1.40. The van der Waals surface area contributed by atoms with E-state index in [2.05, 4.69) is 0 Å². The molecule has 6 aromatic carbocycles. The molecule has 3 unspecified atom stereocenters. The summed E-state index contributed by atoms with van der Waals surface area (Å²) < 4.78 is 51.1. The smallest absolute Gasteiger partial charge is 0.780 e. The topological polar surface area (TPSA) is 339 Å². The first-order chi connectivity index (χ1) is 48.5. The molecule has 23 heteroatoms. The third kappa shape index (κ3) is 26.0. The van der Waals surface area contributed by atoms with Crippen LogP contribution in [0.1, 0.15) is 370 Å². The van der Waals surface area contributed by atoms with E-state index in [1.54, 1.807) is 36.4 Å². The van der Waals surface area contributed by atoms with Gasteiger partial charge in [0.05, 0.1) is 0 Å². The average molecular weight is 1650 g/mol. The third-order valence-corrected chi connectivity index (χ3v) is 21.6. The van der Waals surface area contributed by atoms with E-state index in [4.69, 9.17) is 13.6 Å². The van der Waals surface area contributed by atoms with Gasteiger partial charge in [-0.2, -0.15) is 0 Å². The Bertz CT molecular complexity index is 4100. The zero-order valence-corrected chi connectivity index (χ0v) is 80.5. The van der Waals surface area contributed by atoms with Crippen molar-refractivity contribution in [3.63, 3.8) is 0 Å². The second kappa shape index (κ2) is 33.6. The fourth-order valence-corrected chi connectivity index (χ4v) is 14.3. The van der Waals surface area contributed by atoms with Crippen LogP contribution in [0.2, 0.25) is 0 Å². The number of phosphoric acid groups is 3. The average Bonchev–Trinajstić information content (AvgIpc) is 0.742. The number of aliphatic hydroxyl groups is 3. The van der Waals surface area contributed by atoms with E-state index in [1.165, 1.54) is 20.8 Å². The molecule has 0 aliphatic rings. The number of phenolic OH excluding ortho intramolecular Hbond substituents is 3. The summed E-state index contributed by atoms with van der Waals surface area (Å²) in [6.45, 7) is 75.7. The summed E-state index contributed by atoms with van der Waals surface area (Å²) in [7, 11) is -16.5. The summed E-state index contributed by atoms with van der Waals surface area (Å²) in [5.74, 6) is -0.836. The zero-order valence-electron chi connectivity index (χ0n) is 75.5. The Kier molecular flexibility index (Phi) is 31.1. The number of benzene rings is 6. The Morgan fingerprint density at radius 2 is 0.327 bits per heavy atom. The number of aromatic hydroxyl groups is 3. The molecule has 0 aliphatic carbocycles. The first-order valence-corrected chi connectivity index (χ1v) is 42.5. The third-order valence-electron chi connectivity index (χ3n) is 20.4. The molecule has 0 aromatic heterocycles. The van der Waals surface area contributed by atoms with Crippen LogP contribution in [0.4, 0.5) is 0 Å². The Balaban J connectivity index is 0.000000570. The molecule has 624 valence electrons. The van der Waals surface area contributed by atoms with E-state index in [-0.39, 0.29) is 135 Å². The van der Waals surface area contributed by atoms with Gasteiger partial charge in [0, 0.05) is 50.1 Å². The Labute approximate surface area is 700 Å². The molecule has 0 heterocycles. The van der Waals surface area contributed by atoms with Crippen molar-refractivity contribution in [2.75, 3.05) is 0 Å². The SMILES string of the molecule is CC(C)(C)c1cc(C(C)(C)C)c(O)c(C(C)(O)c2cc(C(C)(C)C)cc(C(C)(C)C)c2OP(=O)([O-])[O-])c1.CC(C)(C)c1cc(C(C)(C)C)c(O)c(C(C)(O)c2cc(C(C)(C)C)cc(C(C)(C)C)c2OP(=O)([O-])[O-])c1.CC(C)(C)c1cc(C(C)(C)C)c(O)c(C(C)(O)c2cc(C(C)(C)C)cc(C(C)(C)C)c2OP(=O)([O-])[O-])c1.[Al+3].[Al+3]. The Morgan fingerprint density at radius 3 is 0.442 bits per heavy atom. The molecule has 0 saturated heterocycles. The predicted molar refractivity (Wildman–Crippen MR) is 450 cm³/mol. The Hall–Kier alpha value is -4.49. The van der Waals surface area contributed by atoms with Crippen molar-refractivity contribution in [2.45, 2.75) is 352 Å². The molecule has 18 nitrogen and oxygen atoms in total. The largest absolute Gasteiger partial charge is 3.00 e. The van der Waals surface area contributed by atoms with Crippen molar-refractivity contribution >= 4 is 58.2 Å². The van der Waals surface area contributed by atoms with Crippen LogP contribution in [0.5, 0.6) is 34.5 Å². The molecule has 0 aliphatic heterocycles. The maximum atomic E-state index is 12.2. The van der Waals surface area contributed by atoms with Crippen LogP contribution in [0.3, 0.4) is 0 Å². The second-order valence-corrected chi connectivity index (χ2v) is 46.5. The standard InChI is InChI=1S/3C30H47O6P.2Al/c3*1-26(2,3)18-14-20(28(7,8)9)24(31)21(15-18)30(13,32)23-17-19(27(4,5)6)16-22(29(10,11)12)25(23)36-37(33,34)35;;/h3*14-17,31-32H,1-13H3,(H2,33,34,35);;/q;;;2*+3/p-6. The monoisotopic (exact) mass is 1650 g/mol. The molecule has 0 amide bonds. The van der Waals surface area contributed by atoms with Crippen molar-refractivity contribution in [3.8, 4) is 34.5 Å². The van der Waals surface area contributed by atoms with Crippen LogP contribution >= 0.6 is 23.5 Å². The van der Waals surface area contributed by atoms with Crippen LogP contribution in [0.15, 0.2) is 72.8 Å². The first-order valence-electron chi connectivity index (χ1n) is 38.1. The van der Waals surface area contributed by atoms with E-state index in [9.17, 15) is 73.7 Å². The van der Waals surface area contributed by atoms with Gasteiger partial charge in [0.15, 0.2) is 0 Å². The van der Waals surface area contributed by atoms with Crippen molar-refractivity contribution in [1.29, 1.82) is 0 Å². The molecular formula is C90H135Al2O18P3.